The lowest BCUT2D eigenvalue weighted by Crippen LogP contribution is -2.45. The summed E-state index contributed by atoms with van der Waals surface area (Å²) in [6.45, 7) is 4.31. The molecule has 2 heterocycles. The topological polar surface area (TPSA) is 105 Å². The van der Waals surface area contributed by atoms with Crippen LogP contribution in [0.15, 0.2) is 66.7 Å². The lowest BCUT2D eigenvalue weighted by Gasteiger charge is -2.30. The van der Waals surface area contributed by atoms with E-state index in [1.165, 1.54) is 0 Å². The van der Waals surface area contributed by atoms with Crippen LogP contribution in [-0.2, 0) is 29.0 Å². The van der Waals surface area contributed by atoms with Crippen molar-refractivity contribution in [2.75, 3.05) is 38.3 Å². The van der Waals surface area contributed by atoms with Crippen LogP contribution in [0.25, 0.3) is 0 Å². The van der Waals surface area contributed by atoms with Gasteiger partial charge in [-0.15, -0.1) is 0 Å². The van der Waals surface area contributed by atoms with E-state index >= 15 is 0 Å². The molecule has 1 amide bonds. The van der Waals surface area contributed by atoms with Gasteiger partial charge in [0, 0.05) is 43.7 Å². The molecule has 0 aromatic heterocycles. The standard InChI is InChI=1S/C34H41N3O5/c1-3-4-15-37(27-10-7-8-23(17-27)20-35)32(38)22-36-21-28(24-12-13-31-26(18-24)14-16-42-31)33(34(39)40)29(36)19-25-9-5-6-11-30(25)41-2/h5-13,17-18,28-29,33H,3-4,14-16,19-22,35H2,1-2H3,(H,39,40). The fourth-order valence-corrected chi connectivity index (χ4v) is 6.44. The Morgan fingerprint density at radius 3 is 2.71 bits per heavy atom. The van der Waals surface area contributed by atoms with E-state index in [0.717, 1.165) is 53.0 Å². The Bertz CT molecular complexity index is 1410. The Morgan fingerprint density at radius 1 is 1.12 bits per heavy atom. The maximum atomic E-state index is 14.1. The van der Waals surface area contributed by atoms with E-state index in [9.17, 15) is 14.7 Å². The van der Waals surface area contributed by atoms with E-state index in [1.54, 1.807) is 7.11 Å². The van der Waals surface area contributed by atoms with E-state index in [2.05, 4.69) is 17.9 Å². The molecule has 2 aliphatic heterocycles. The van der Waals surface area contributed by atoms with Crippen LogP contribution in [0.3, 0.4) is 0 Å². The van der Waals surface area contributed by atoms with Crippen molar-refractivity contribution >= 4 is 17.6 Å². The van der Waals surface area contributed by atoms with Crippen molar-refractivity contribution in [3.05, 3.63) is 89.0 Å². The Morgan fingerprint density at radius 2 is 1.95 bits per heavy atom. The molecule has 0 saturated carbocycles. The fraction of sp³-hybridized carbons (Fsp3) is 0.412. The highest BCUT2D eigenvalue weighted by Crippen LogP contribution is 2.41. The van der Waals surface area contributed by atoms with E-state index < -0.39 is 17.9 Å². The largest absolute Gasteiger partial charge is 0.496 e. The summed E-state index contributed by atoms with van der Waals surface area (Å²) in [5.74, 6) is -0.292. The maximum absolute atomic E-state index is 14.1. The van der Waals surface area contributed by atoms with E-state index in [-0.39, 0.29) is 18.4 Å². The van der Waals surface area contributed by atoms with Crippen molar-refractivity contribution in [2.45, 2.75) is 51.1 Å². The molecule has 3 aromatic carbocycles. The highest BCUT2D eigenvalue weighted by atomic mass is 16.5. The number of carboxylic acid groups (broad SMARTS) is 1. The molecule has 0 bridgehead atoms. The Hall–Kier alpha value is -3.88. The number of hydrogen-bond acceptors (Lipinski definition) is 6. The zero-order chi connectivity index (χ0) is 29.6. The van der Waals surface area contributed by atoms with Crippen molar-refractivity contribution in [2.24, 2.45) is 11.7 Å². The summed E-state index contributed by atoms with van der Waals surface area (Å²) in [7, 11) is 1.62. The lowest BCUT2D eigenvalue weighted by molar-refractivity contribution is -0.143. The second-order valence-corrected chi connectivity index (χ2v) is 11.2. The van der Waals surface area contributed by atoms with Crippen LogP contribution >= 0.6 is 0 Å². The number of amides is 1. The van der Waals surface area contributed by atoms with Crippen molar-refractivity contribution < 1.29 is 24.2 Å². The number of benzene rings is 3. The SMILES string of the molecule is CCCCN(C(=O)CN1CC(c2ccc3c(c2)CCO3)C(C(=O)O)C1Cc1ccccc1OC)c1cccc(CN)c1. The van der Waals surface area contributed by atoms with E-state index in [1.807, 2.05) is 65.6 Å². The summed E-state index contributed by atoms with van der Waals surface area (Å²) < 4.78 is 11.3. The summed E-state index contributed by atoms with van der Waals surface area (Å²) in [5.41, 5.74) is 10.7. The number of carbonyl (C=O) groups excluding carboxylic acids is 1. The molecule has 2 aliphatic rings. The Balaban J connectivity index is 1.49. The summed E-state index contributed by atoms with van der Waals surface area (Å²) >= 11 is 0. The first-order valence-corrected chi connectivity index (χ1v) is 14.9. The predicted molar refractivity (Wildman–Crippen MR) is 163 cm³/mol. The van der Waals surface area contributed by atoms with Gasteiger partial charge in [-0.05, 0) is 59.4 Å². The molecule has 0 aliphatic carbocycles. The van der Waals surface area contributed by atoms with Gasteiger partial charge >= 0.3 is 5.97 Å². The fourth-order valence-electron chi connectivity index (χ4n) is 6.44. The number of likely N-dealkylation sites (tertiary alicyclic amines) is 1. The molecule has 222 valence electrons. The number of aliphatic carboxylic acids is 1. The highest BCUT2D eigenvalue weighted by molar-refractivity contribution is 5.95. The number of anilines is 1. The molecule has 5 rings (SSSR count). The zero-order valence-corrected chi connectivity index (χ0v) is 24.5. The summed E-state index contributed by atoms with van der Waals surface area (Å²) in [6.07, 6.45) is 3.08. The van der Waals surface area contributed by atoms with Crippen molar-refractivity contribution in [1.29, 1.82) is 0 Å². The average molecular weight is 572 g/mol. The first kappa shape index (κ1) is 29.6. The average Bonchev–Trinajstić information content (AvgIpc) is 3.62. The number of rotatable bonds is 12. The third-order valence-electron chi connectivity index (χ3n) is 8.63. The third kappa shape index (κ3) is 6.30. The van der Waals surface area contributed by atoms with Gasteiger partial charge in [-0.3, -0.25) is 14.5 Å². The molecule has 42 heavy (non-hydrogen) atoms. The number of carbonyl (C=O) groups is 2. The number of para-hydroxylation sites is 1. The maximum Gasteiger partial charge on any atom is 0.308 e. The van der Waals surface area contributed by atoms with Crippen LogP contribution in [0.1, 0.15) is 47.9 Å². The van der Waals surface area contributed by atoms with Crippen LogP contribution in [0, 0.1) is 5.92 Å². The Labute approximate surface area is 248 Å². The normalized spacial score (nSPS) is 19.7. The van der Waals surface area contributed by atoms with Gasteiger partial charge in [-0.1, -0.05) is 55.8 Å². The van der Waals surface area contributed by atoms with Crippen LogP contribution in [-0.4, -0.2) is 61.3 Å². The minimum atomic E-state index is -0.856. The van der Waals surface area contributed by atoms with Gasteiger partial charge in [0.1, 0.15) is 11.5 Å². The smallest absolute Gasteiger partial charge is 0.308 e. The van der Waals surface area contributed by atoms with Gasteiger partial charge in [0.2, 0.25) is 5.91 Å². The minimum absolute atomic E-state index is 0.0465. The molecule has 1 saturated heterocycles. The first-order valence-electron chi connectivity index (χ1n) is 14.9. The number of hydrogen-bond donors (Lipinski definition) is 2. The number of carboxylic acids is 1. The van der Waals surface area contributed by atoms with Gasteiger partial charge in [0.05, 0.1) is 26.2 Å². The molecule has 0 spiro atoms. The molecule has 0 radical (unpaired) electrons. The molecule has 1 fully saturated rings. The van der Waals surface area contributed by atoms with Crippen LogP contribution < -0.4 is 20.1 Å². The molecule has 3 atom stereocenters. The summed E-state index contributed by atoms with van der Waals surface area (Å²) in [4.78, 5) is 31.0. The molecule has 3 aromatic rings. The third-order valence-corrected chi connectivity index (χ3v) is 8.63. The first-order chi connectivity index (χ1) is 20.4. The second kappa shape index (κ2) is 13.4. The van der Waals surface area contributed by atoms with Crippen molar-refractivity contribution in [3.63, 3.8) is 0 Å². The van der Waals surface area contributed by atoms with Crippen LogP contribution in [0.5, 0.6) is 11.5 Å². The van der Waals surface area contributed by atoms with Gasteiger partial charge in [0.25, 0.3) is 0 Å². The number of nitrogens with zero attached hydrogens (tertiary/aromatic N) is 2. The molecule has 3 unspecified atom stereocenters. The second-order valence-electron chi connectivity index (χ2n) is 11.2. The monoisotopic (exact) mass is 571 g/mol. The van der Waals surface area contributed by atoms with Crippen molar-refractivity contribution in [1.82, 2.24) is 4.90 Å². The molecule has 8 heteroatoms. The lowest BCUT2D eigenvalue weighted by atomic mass is 9.82. The minimum Gasteiger partial charge on any atom is -0.496 e. The number of fused-ring (bicyclic) bond motifs is 1. The molecule has 3 N–H and O–H groups in total. The Kier molecular flexibility index (Phi) is 9.45. The molecule has 8 nitrogen and oxygen atoms in total. The van der Waals surface area contributed by atoms with E-state index in [4.69, 9.17) is 15.2 Å². The summed E-state index contributed by atoms with van der Waals surface area (Å²) in [5, 5.41) is 10.6. The number of methoxy groups -OCH3 is 1. The molecular weight excluding hydrogens is 530 g/mol. The van der Waals surface area contributed by atoms with Crippen LogP contribution in [0.2, 0.25) is 0 Å². The van der Waals surface area contributed by atoms with Gasteiger partial charge in [0.15, 0.2) is 0 Å². The quantitative estimate of drug-likeness (QED) is 0.327. The van der Waals surface area contributed by atoms with Gasteiger partial charge in [-0.25, -0.2) is 0 Å². The molecular formula is C34H41N3O5. The predicted octanol–water partition coefficient (Wildman–Crippen LogP) is 4.63. The zero-order valence-electron chi connectivity index (χ0n) is 24.5. The number of nitrogens with two attached hydrogens (primary N) is 1. The highest BCUT2D eigenvalue weighted by Gasteiger charge is 2.47. The van der Waals surface area contributed by atoms with Gasteiger partial charge < -0.3 is 25.2 Å². The van der Waals surface area contributed by atoms with Crippen LogP contribution in [0.4, 0.5) is 5.69 Å². The number of ether oxygens (including phenoxy) is 2. The van der Waals surface area contributed by atoms with Crippen molar-refractivity contribution in [3.8, 4) is 11.5 Å². The van der Waals surface area contributed by atoms with Gasteiger partial charge in [-0.2, -0.15) is 0 Å². The number of unbranched alkanes of at least 4 members (excludes halogenated alkanes) is 1. The van der Waals surface area contributed by atoms with E-state index in [0.29, 0.717) is 38.4 Å². The summed E-state index contributed by atoms with van der Waals surface area (Å²) in [6, 6.07) is 21.2.